The summed E-state index contributed by atoms with van der Waals surface area (Å²) in [6, 6.07) is 15.7. The van der Waals surface area contributed by atoms with E-state index in [0.29, 0.717) is 16.6 Å². The Labute approximate surface area is 149 Å². The van der Waals surface area contributed by atoms with Gasteiger partial charge in [-0.15, -0.1) is 0 Å². The molecule has 7 heteroatoms. The second-order valence-electron chi connectivity index (χ2n) is 6.40. The zero-order valence-electron chi connectivity index (χ0n) is 14.4. The van der Waals surface area contributed by atoms with Crippen LogP contribution in [0.25, 0.3) is 10.9 Å². The van der Waals surface area contributed by atoms with E-state index in [2.05, 4.69) is 10.9 Å². The number of nitrogens with zero attached hydrogens (tertiary/aromatic N) is 2. The zero-order chi connectivity index (χ0) is 18.5. The Morgan fingerprint density at radius 2 is 1.65 bits per heavy atom. The van der Waals surface area contributed by atoms with Gasteiger partial charge in [-0.05, 0) is 31.2 Å². The largest absolute Gasteiger partial charge is 0.507 e. The molecule has 3 N–H and O–H groups in total. The number of fused-ring (bicyclic) bond motifs is 1. The van der Waals surface area contributed by atoms with E-state index in [0.717, 1.165) is 0 Å². The van der Waals surface area contributed by atoms with Gasteiger partial charge in [0.25, 0.3) is 5.56 Å². The molecule has 1 aliphatic rings. The Morgan fingerprint density at radius 1 is 1.00 bits per heavy atom. The maximum absolute atomic E-state index is 13.1. The molecule has 1 aliphatic heterocycles. The number of hydrogen-bond acceptors (Lipinski definition) is 4. The minimum Gasteiger partial charge on any atom is -0.507 e. The molecule has 1 fully saturated rings. The van der Waals surface area contributed by atoms with Crippen molar-refractivity contribution in [3.05, 3.63) is 70.5 Å². The number of carbonyl (C=O) groups is 1. The summed E-state index contributed by atoms with van der Waals surface area (Å²) in [5.41, 5.74) is 5.11. The topological polar surface area (TPSA) is 86.6 Å². The van der Waals surface area contributed by atoms with Gasteiger partial charge in [-0.2, -0.15) is 0 Å². The molecule has 1 saturated heterocycles. The summed E-state index contributed by atoms with van der Waals surface area (Å²) in [4.78, 5) is 27.0. The third-order valence-electron chi connectivity index (χ3n) is 4.84. The number of pyridine rings is 1. The van der Waals surface area contributed by atoms with Crippen molar-refractivity contribution in [3.63, 3.8) is 0 Å². The Bertz CT molecular complexity index is 1080. The molecular weight excluding hydrogens is 332 g/mol. The second kappa shape index (κ2) is 5.60. The van der Waals surface area contributed by atoms with Crippen LogP contribution in [0.5, 0.6) is 5.75 Å². The first-order chi connectivity index (χ1) is 12.4. The summed E-state index contributed by atoms with van der Waals surface area (Å²) in [5, 5.41) is 11.5. The van der Waals surface area contributed by atoms with Crippen molar-refractivity contribution in [3.8, 4) is 5.75 Å². The van der Waals surface area contributed by atoms with Gasteiger partial charge in [0.2, 0.25) is 0 Å². The number of hydrazine groups is 1. The van der Waals surface area contributed by atoms with Gasteiger partial charge in [0.15, 0.2) is 0 Å². The number of nitrogens with one attached hydrogen (secondary N) is 2. The van der Waals surface area contributed by atoms with Crippen molar-refractivity contribution in [1.29, 1.82) is 0 Å². The van der Waals surface area contributed by atoms with Crippen LogP contribution in [0.15, 0.2) is 59.4 Å². The lowest BCUT2D eigenvalue weighted by molar-refractivity contribution is 0.250. The first kappa shape index (κ1) is 16.2. The molecule has 1 aromatic heterocycles. The van der Waals surface area contributed by atoms with Crippen LogP contribution in [-0.4, -0.2) is 15.7 Å². The number of aromatic hydroxyl groups is 1. The molecule has 2 amide bonds. The van der Waals surface area contributed by atoms with Crippen LogP contribution in [0.4, 0.5) is 10.5 Å². The minimum atomic E-state index is -1.26. The lowest BCUT2D eigenvalue weighted by Gasteiger charge is -2.33. The van der Waals surface area contributed by atoms with Crippen molar-refractivity contribution in [1.82, 2.24) is 15.4 Å². The highest BCUT2D eigenvalue weighted by atomic mass is 16.3. The van der Waals surface area contributed by atoms with E-state index in [4.69, 9.17) is 0 Å². The highest BCUT2D eigenvalue weighted by molar-refractivity contribution is 5.96. The van der Waals surface area contributed by atoms with Gasteiger partial charge in [0.1, 0.15) is 17.0 Å². The number of para-hydroxylation sites is 2. The van der Waals surface area contributed by atoms with Gasteiger partial charge >= 0.3 is 6.03 Å². The zero-order valence-corrected chi connectivity index (χ0v) is 14.4. The monoisotopic (exact) mass is 350 g/mol. The number of hydrogen-bond donors (Lipinski definition) is 3. The summed E-state index contributed by atoms with van der Waals surface area (Å²) in [6.07, 6.45) is 0. The van der Waals surface area contributed by atoms with Crippen molar-refractivity contribution < 1.29 is 9.90 Å². The van der Waals surface area contributed by atoms with Crippen LogP contribution in [0.2, 0.25) is 0 Å². The average Bonchev–Trinajstić information content (AvgIpc) is 2.96. The molecule has 4 rings (SSSR count). The molecule has 26 heavy (non-hydrogen) atoms. The third kappa shape index (κ3) is 2.11. The molecule has 0 bridgehead atoms. The van der Waals surface area contributed by atoms with E-state index in [1.807, 2.05) is 6.07 Å². The number of aromatic nitrogens is 1. The molecule has 0 saturated carbocycles. The predicted octanol–water partition coefficient (Wildman–Crippen LogP) is 2.15. The van der Waals surface area contributed by atoms with Crippen molar-refractivity contribution in [2.45, 2.75) is 12.6 Å². The summed E-state index contributed by atoms with van der Waals surface area (Å²) >= 11 is 0. The van der Waals surface area contributed by atoms with E-state index < -0.39 is 11.7 Å². The quantitative estimate of drug-likeness (QED) is 0.661. The van der Waals surface area contributed by atoms with Crippen LogP contribution in [0.1, 0.15) is 12.5 Å². The Balaban J connectivity index is 2.02. The molecule has 0 aliphatic carbocycles. The first-order valence-electron chi connectivity index (χ1n) is 8.19. The van der Waals surface area contributed by atoms with Gasteiger partial charge < -0.3 is 9.67 Å². The van der Waals surface area contributed by atoms with Crippen LogP contribution in [0.3, 0.4) is 0 Å². The summed E-state index contributed by atoms with van der Waals surface area (Å²) in [5.74, 6) is -0.142. The van der Waals surface area contributed by atoms with Gasteiger partial charge in [0.05, 0.1) is 5.52 Å². The van der Waals surface area contributed by atoms with Crippen molar-refractivity contribution >= 4 is 22.6 Å². The van der Waals surface area contributed by atoms with E-state index in [1.54, 1.807) is 62.5 Å². The molecule has 2 aromatic carbocycles. The number of benzene rings is 2. The number of carbonyl (C=O) groups excluding carboxylic acids is 1. The molecule has 2 heterocycles. The van der Waals surface area contributed by atoms with Crippen LogP contribution in [0, 0.1) is 0 Å². The molecule has 132 valence electrons. The highest BCUT2D eigenvalue weighted by Crippen LogP contribution is 2.38. The first-order valence-corrected chi connectivity index (χ1v) is 8.19. The fourth-order valence-corrected chi connectivity index (χ4v) is 3.54. The lowest BCUT2D eigenvalue weighted by atomic mass is 9.97. The third-order valence-corrected chi connectivity index (χ3v) is 4.84. The van der Waals surface area contributed by atoms with Gasteiger partial charge in [-0.1, -0.05) is 30.3 Å². The molecule has 0 radical (unpaired) electrons. The smallest absolute Gasteiger partial charge is 0.338 e. The lowest BCUT2D eigenvalue weighted by Crippen LogP contribution is -2.51. The SMILES string of the molecule is Cn1c(=O)c([C@]2(C)NNC(=O)N2c2ccccc2)c(O)c2ccccc21. The van der Waals surface area contributed by atoms with Gasteiger partial charge in [-0.3, -0.25) is 15.1 Å². The fraction of sp³-hybridized carbons (Fsp3) is 0.158. The number of rotatable bonds is 2. The minimum absolute atomic E-state index is 0.0981. The van der Waals surface area contributed by atoms with Crippen LogP contribution in [-0.2, 0) is 12.7 Å². The number of aryl methyl sites for hydroxylation is 1. The van der Waals surface area contributed by atoms with E-state index >= 15 is 0 Å². The molecule has 7 nitrogen and oxygen atoms in total. The van der Waals surface area contributed by atoms with Crippen LogP contribution < -0.4 is 21.3 Å². The van der Waals surface area contributed by atoms with Gasteiger partial charge in [-0.25, -0.2) is 10.2 Å². The number of urea groups is 1. The van der Waals surface area contributed by atoms with E-state index in [-0.39, 0.29) is 16.9 Å². The maximum Gasteiger partial charge on any atom is 0.338 e. The maximum atomic E-state index is 13.1. The molecule has 3 aromatic rings. The Morgan fingerprint density at radius 3 is 2.38 bits per heavy atom. The van der Waals surface area contributed by atoms with E-state index in [9.17, 15) is 14.7 Å². The van der Waals surface area contributed by atoms with E-state index in [1.165, 1.54) is 9.47 Å². The van der Waals surface area contributed by atoms with Crippen molar-refractivity contribution in [2.75, 3.05) is 4.90 Å². The molecule has 1 atom stereocenters. The molecule has 0 spiro atoms. The highest BCUT2D eigenvalue weighted by Gasteiger charge is 2.47. The average molecular weight is 350 g/mol. The fourth-order valence-electron chi connectivity index (χ4n) is 3.54. The number of amides is 2. The van der Waals surface area contributed by atoms with Gasteiger partial charge in [0, 0.05) is 18.1 Å². The van der Waals surface area contributed by atoms with Crippen LogP contribution >= 0.6 is 0 Å². The summed E-state index contributed by atoms with van der Waals surface area (Å²) < 4.78 is 1.48. The second-order valence-corrected chi connectivity index (χ2v) is 6.40. The molecule has 0 unspecified atom stereocenters. The Kier molecular flexibility index (Phi) is 3.48. The Hall–Kier alpha value is -3.32. The normalized spacial score (nSPS) is 19.8. The summed E-state index contributed by atoms with van der Waals surface area (Å²) in [7, 11) is 1.65. The standard InChI is InChI=1S/C19H18N4O3/c1-19(21-20-18(26)23(19)12-8-4-3-5-9-12)15-16(24)13-10-6-7-11-14(13)22(2)17(15)25/h3-11,21,24H,1-2H3,(H,20,26)/t19-/m1/s1. The predicted molar refractivity (Wildman–Crippen MR) is 98.8 cm³/mol. The summed E-state index contributed by atoms with van der Waals surface area (Å²) in [6.45, 7) is 1.68. The molecular formula is C19H18N4O3. The van der Waals surface area contributed by atoms with Crippen molar-refractivity contribution in [2.24, 2.45) is 7.05 Å². The number of anilines is 1.